The molecule has 2 heterocycles. The number of aliphatic carboxylic acids is 1. The molecule has 126 valence electrons. The molecule has 0 bridgehead atoms. The Balaban J connectivity index is 1.58. The normalized spacial score (nSPS) is 17.5. The summed E-state index contributed by atoms with van der Waals surface area (Å²) in [4.78, 5) is 18.3. The van der Waals surface area contributed by atoms with E-state index in [1.165, 1.54) is 11.1 Å². The molecule has 3 rings (SSSR count). The number of aryl methyl sites for hydroxylation is 1. The van der Waals surface area contributed by atoms with Crippen LogP contribution in [0.2, 0.25) is 0 Å². The van der Waals surface area contributed by atoms with Crippen molar-refractivity contribution in [1.29, 1.82) is 0 Å². The van der Waals surface area contributed by atoms with Gasteiger partial charge in [0.2, 0.25) is 0 Å². The van der Waals surface area contributed by atoms with Crippen LogP contribution in [0.5, 0.6) is 0 Å². The Morgan fingerprint density at radius 3 is 2.33 bits per heavy atom. The van der Waals surface area contributed by atoms with Crippen LogP contribution in [0.15, 0.2) is 54.9 Å². The second-order valence-corrected chi connectivity index (χ2v) is 6.70. The molecule has 1 aromatic heterocycles. The number of hydrogen-bond acceptors (Lipinski definition) is 3. The molecular formula is C20H24N2O2. The molecule has 0 saturated carbocycles. The van der Waals surface area contributed by atoms with Crippen molar-refractivity contribution in [2.24, 2.45) is 5.41 Å². The number of carbonyl (C=O) groups is 1. The van der Waals surface area contributed by atoms with Gasteiger partial charge in [-0.15, -0.1) is 0 Å². The average Bonchev–Trinajstić information content (AvgIpc) is 2.63. The van der Waals surface area contributed by atoms with Crippen LogP contribution in [-0.4, -0.2) is 34.0 Å². The van der Waals surface area contributed by atoms with Gasteiger partial charge in [-0.25, -0.2) is 0 Å². The van der Waals surface area contributed by atoms with E-state index < -0.39 is 11.4 Å². The molecule has 0 aliphatic carbocycles. The van der Waals surface area contributed by atoms with E-state index in [1.807, 2.05) is 30.3 Å². The van der Waals surface area contributed by atoms with Gasteiger partial charge in [-0.05, 0) is 62.0 Å². The number of piperidine rings is 1. The van der Waals surface area contributed by atoms with Crippen molar-refractivity contribution in [3.63, 3.8) is 0 Å². The van der Waals surface area contributed by atoms with E-state index in [4.69, 9.17) is 0 Å². The van der Waals surface area contributed by atoms with Crippen LogP contribution in [0.1, 0.15) is 30.4 Å². The zero-order valence-corrected chi connectivity index (χ0v) is 13.9. The second kappa shape index (κ2) is 7.58. The van der Waals surface area contributed by atoms with Crippen LogP contribution in [0.4, 0.5) is 0 Å². The van der Waals surface area contributed by atoms with Crippen molar-refractivity contribution >= 4 is 5.97 Å². The second-order valence-electron chi connectivity index (χ2n) is 6.70. The number of carboxylic acids is 1. The van der Waals surface area contributed by atoms with Crippen molar-refractivity contribution in [3.05, 3.63) is 66.0 Å². The number of pyridine rings is 1. The highest BCUT2D eigenvalue weighted by atomic mass is 16.4. The van der Waals surface area contributed by atoms with Gasteiger partial charge in [0, 0.05) is 18.9 Å². The van der Waals surface area contributed by atoms with Gasteiger partial charge in [-0.2, -0.15) is 0 Å². The monoisotopic (exact) mass is 324 g/mol. The van der Waals surface area contributed by atoms with E-state index in [-0.39, 0.29) is 0 Å². The van der Waals surface area contributed by atoms with Crippen molar-refractivity contribution in [3.8, 4) is 0 Å². The molecule has 4 heteroatoms. The number of hydrogen-bond donors (Lipinski definition) is 1. The number of likely N-dealkylation sites (tertiary alicyclic amines) is 1. The molecule has 0 spiro atoms. The lowest BCUT2D eigenvalue weighted by atomic mass is 9.74. The molecule has 24 heavy (non-hydrogen) atoms. The number of nitrogens with zero attached hydrogens (tertiary/aromatic N) is 2. The largest absolute Gasteiger partial charge is 0.481 e. The first-order valence-electron chi connectivity index (χ1n) is 8.57. The fourth-order valence-electron chi connectivity index (χ4n) is 3.48. The fraction of sp³-hybridized carbons (Fsp3) is 0.400. The number of benzene rings is 1. The van der Waals surface area contributed by atoms with E-state index in [0.29, 0.717) is 0 Å². The van der Waals surface area contributed by atoms with Crippen LogP contribution in [0.25, 0.3) is 0 Å². The number of aromatic nitrogens is 1. The molecule has 0 atom stereocenters. The zero-order valence-electron chi connectivity index (χ0n) is 13.9. The molecule has 0 amide bonds. The Morgan fingerprint density at radius 1 is 1.04 bits per heavy atom. The summed E-state index contributed by atoms with van der Waals surface area (Å²) >= 11 is 0. The minimum Gasteiger partial charge on any atom is -0.481 e. The van der Waals surface area contributed by atoms with Gasteiger partial charge >= 0.3 is 5.97 Å². The molecule has 0 radical (unpaired) electrons. The predicted molar refractivity (Wildman–Crippen MR) is 93.6 cm³/mol. The number of rotatable bonds is 6. The molecular weight excluding hydrogens is 300 g/mol. The molecule has 0 unspecified atom stereocenters. The summed E-state index contributed by atoms with van der Waals surface area (Å²) in [5.74, 6) is -0.637. The first kappa shape index (κ1) is 16.7. The van der Waals surface area contributed by atoms with Crippen molar-refractivity contribution in [2.45, 2.75) is 32.2 Å². The molecule has 1 N–H and O–H groups in total. The first-order chi connectivity index (χ1) is 11.7. The van der Waals surface area contributed by atoms with Gasteiger partial charge < -0.3 is 5.11 Å². The molecule has 4 nitrogen and oxygen atoms in total. The highest BCUT2D eigenvalue weighted by molar-refractivity contribution is 5.74. The van der Waals surface area contributed by atoms with Crippen LogP contribution in [-0.2, 0) is 17.8 Å². The van der Waals surface area contributed by atoms with Gasteiger partial charge in [-0.3, -0.25) is 14.7 Å². The summed E-state index contributed by atoms with van der Waals surface area (Å²) in [6.45, 7) is 2.55. The topological polar surface area (TPSA) is 53.4 Å². The summed E-state index contributed by atoms with van der Waals surface area (Å²) in [6, 6.07) is 14.2. The maximum absolute atomic E-state index is 11.9. The highest BCUT2D eigenvalue weighted by Gasteiger charge is 2.40. The van der Waals surface area contributed by atoms with E-state index >= 15 is 0 Å². The maximum Gasteiger partial charge on any atom is 0.309 e. The summed E-state index contributed by atoms with van der Waals surface area (Å²) in [5, 5.41) is 9.82. The van der Waals surface area contributed by atoms with Crippen molar-refractivity contribution < 1.29 is 9.90 Å². The minimum absolute atomic E-state index is 0.579. The Morgan fingerprint density at radius 2 is 1.71 bits per heavy atom. The molecule has 1 aromatic carbocycles. The average molecular weight is 324 g/mol. The Hall–Kier alpha value is -2.20. The summed E-state index contributed by atoms with van der Waals surface area (Å²) in [6.07, 6.45) is 6.61. The smallest absolute Gasteiger partial charge is 0.309 e. The molecule has 1 aliphatic heterocycles. The summed E-state index contributed by atoms with van der Waals surface area (Å²) in [5.41, 5.74) is 1.87. The third kappa shape index (κ3) is 4.01. The third-order valence-electron chi connectivity index (χ3n) is 5.16. The van der Waals surface area contributed by atoms with E-state index in [0.717, 1.165) is 45.3 Å². The molecule has 1 saturated heterocycles. The van der Waals surface area contributed by atoms with E-state index in [2.05, 4.69) is 22.0 Å². The first-order valence-corrected chi connectivity index (χ1v) is 8.57. The van der Waals surface area contributed by atoms with Crippen molar-refractivity contribution in [2.75, 3.05) is 13.1 Å². The highest BCUT2D eigenvalue weighted by Crippen LogP contribution is 2.37. The standard InChI is InChI=1S/C20H24N2O2/c23-19(24)20(9-6-17-4-2-1-3-5-17)10-14-22(15-11-20)16-18-7-12-21-13-8-18/h1-5,7-8,12-13H,6,9-11,14-16H2,(H,23,24). The SMILES string of the molecule is O=C(O)C1(CCc2ccccc2)CCN(Cc2ccncc2)CC1. The Bertz CT molecular complexity index is 650. The predicted octanol–water partition coefficient (Wildman–Crippen LogP) is 3.38. The van der Waals surface area contributed by atoms with Gasteiger partial charge in [0.15, 0.2) is 0 Å². The lowest BCUT2D eigenvalue weighted by molar-refractivity contribution is -0.152. The lowest BCUT2D eigenvalue weighted by Crippen LogP contribution is -2.44. The quantitative estimate of drug-likeness (QED) is 0.885. The molecule has 2 aromatic rings. The van der Waals surface area contributed by atoms with Gasteiger partial charge in [0.1, 0.15) is 0 Å². The van der Waals surface area contributed by atoms with Crippen LogP contribution in [0, 0.1) is 5.41 Å². The zero-order chi connectivity index (χ0) is 16.8. The van der Waals surface area contributed by atoms with E-state index in [9.17, 15) is 9.90 Å². The summed E-state index contributed by atoms with van der Waals surface area (Å²) in [7, 11) is 0. The van der Waals surface area contributed by atoms with Gasteiger partial charge in [-0.1, -0.05) is 30.3 Å². The molecule has 1 aliphatic rings. The van der Waals surface area contributed by atoms with Gasteiger partial charge in [0.25, 0.3) is 0 Å². The third-order valence-corrected chi connectivity index (χ3v) is 5.16. The Labute approximate surface area is 143 Å². The van der Waals surface area contributed by atoms with Gasteiger partial charge in [0.05, 0.1) is 5.41 Å². The Kier molecular flexibility index (Phi) is 5.26. The fourth-order valence-corrected chi connectivity index (χ4v) is 3.48. The van der Waals surface area contributed by atoms with Crippen LogP contribution >= 0.6 is 0 Å². The minimum atomic E-state index is -0.637. The maximum atomic E-state index is 11.9. The van der Waals surface area contributed by atoms with Crippen LogP contribution < -0.4 is 0 Å². The molecule has 1 fully saturated rings. The van der Waals surface area contributed by atoms with Crippen molar-refractivity contribution in [1.82, 2.24) is 9.88 Å². The lowest BCUT2D eigenvalue weighted by Gasteiger charge is -2.39. The van der Waals surface area contributed by atoms with Crippen LogP contribution in [0.3, 0.4) is 0 Å². The van der Waals surface area contributed by atoms with E-state index in [1.54, 1.807) is 12.4 Å². The summed E-state index contributed by atoms with van der Waals surface area (Å²) < 4.78 is 0. The number of carboxylic acid groups (broad SMARTS) is 1.